The third-order valence-electron chi connectivity index (χ3n) is 2.79. The molecule has 0 aliphatic rings. The second-order valence-electron chi connectivity index (χ2n) is 4.97. The Balaban J connectivity index is 2.95. The topological polar surface area (TPSA) is 17.1 Å². The van der Waals surface area contributed by atoms with Gasteiger partial charge < -0.3 is 0 Å². The molecule has 84 valence electrons. The Hall–Kier alpha value is -0.150. The lowest BCUT2D eigenvalue weighted by Crippen LogP contribution is -2.25. The van der Waals surface area contributed by atoms with Gasteiger partial charge in [-0.25, -0.2) is 0 Å². The van der Waals surface area contributed by atoms with Gasteiger partial charge in [0.05, 0.1) is 4.88 Å². The van der Waals surface area contributed by atoms with Crippen molar-refractivity contribution in [2.75, 3.05) is 0 Å². The van der Waals surface area contributed by atoms with Crippen LogP contribution in [0.25, 0.3) is 0 Å². The fraction of sp³-hybridized carbons (Fsp3) is 0.583. The molecule has 1 aromatic rings. The predicted octanol–water partition coefficient (Wildman–Crippen LogP) is 4.68. The smallest absolute Gasteiger partial charge is 0.176 e. The Morgan fingerprint density at radius 1 is 1.47 bits per heavy atom. The van der Waals surface area contributed by atoms with Crippen LogP contribution >= 0.6 is 27.3 Å². The molecule has 1 heterocycles. The first-order valence-electron chi connectivity index (χ1n) is 5.03. The summed E-state index contributed by atoms with van der Waals surface area (Å²) in [5.74, 6) is 0.309. The van der Waals surface area contributed by atoms with Gasteiger partial charge in [0.2, 0.25) is 0 Å². The molecule has 0 saturated heterocycles. The third kappa shape index (κ3) is 2.91. The van der Waals surface area contributed by atoms with E-state index in [1.165, 1.54) is 4.88 Å². The number of thiophene rings is 1. The standard InChI is InChI=1S/C12H17BrOS/c1-7(12(3,4)5)11(14)10-6-9(13)8(2)15-10/h6-7H,1-5H3. The fourth-order valence-corrected chi connectivity index (χ4v) is 2.75. The molecule has 0 spiro atoms. The molecule has 0 radical (unpaired) electrons. The molecule has 1 nitrogen and oxygen atoms in total. The highest BCUT2D eigenvalue weighted by molar-refractivity contribution is 9.10. The van der Waals surface area contributed by atoms with Crippen molar-refractivity contribution in [2.45, 2.75) is 34.6 Å². The number of Topliss-reactive ketones (excluding diaryl/α,β-unsaturated/α-hetero) is 1. The first-order valence-corrected chi connectivity index (χ1v) is 6.64. The molecular formula is C12H17BrOS. The van der Waals surface area contributed by atoms with E-state index in [1.54, 1.807) is 11.3 Å². The fourth-order valence-electron chi connectivity index (χ4n) is 1.19. The molecule has 1 unspecified atom stereocenters. The van der Waals surface area contributed by atoms with E-state index in [0.717, 1.165) is 9.35 Å². The second kappa shape index (κ2) is 4.38. The Morgan fingerprint density at radius 2 is 2.00 bits per heavy atom. The summed E-state index contributed by atoms with van der Waals surface area (Å²) >= 11 is 5.01. The zero-order valence-corrected chi connectivity index (χ0v) is 12.3. The SMILES string of the molecule is Cc1sc(C(=O)C(C)C(C)(C)C)cc1Br. The number of hydrogen-bond donors (Lipinski definition) is 0. The summed E-state index contributed by atoms with van der Waals surface area (Å²) in [5.41, 5.74) is 0.0292. The van der Waals surface area contributed by atoms with E-state index in [2.05, 4.69) is 36.7 Å². The van der Waals surface area contributed by atoms with Gasteiger partial charge in [-0.2, -0.15) is 0 Å². The highest BCUT2D eigenvalue weighted by atomic mass is 79.9. The highest BCUT2D eigenvalue weighted by Gasteiger charge is 2.28. The molecular weight excluding hydrogens is 272 g/mol. The molecule has 0 bridgehead atoms. The zero-order chi connectivity index (χ0) is 11.8. The average molecular weight is 289 g/mol. The molecule has 1 atom stereocenters. The van der Waals surface area contributed by atoms with Crippen LogP contribution < -0.4 is 0 Å². The van der Waals surface area contributed by atoms with E-state index in [-0.39, 0.29) is 17.1 Å². The monoisotopic (exact) mass is 288 g/mol. The maximum atomic E-state index is 12.1. The van der Waals surface area contributed by atoms with Gasteiger partial charge in [0, 0.05) is 15.3 Å². The summed E-state index contributed by atoms with van der Waals surface area (Å²) in [5, 5.41) is 0. The molecule has 0 aliphatic carbocycles. The van der Waals surface area contributed by atoms with Crippen LogP contribution in [0.5, 0.6) is 0 Å². The van der Waals surface area contributed by atoms with Crippen LogP contribution in [-0.2, 0) is 0 Å². The number of ketones is 1. The van der Waals surface area contributed by atoms with Crippen molar-refractivity contribution >= 4 is 33.0 Å². The second-order valence-corrected chi connectivity index (χ2v) is 7.08. The van der Waals surface area contributed by atoms with Gasteiger partial charge in [-0.15, -0.1) is 11.3 Å². The normalized spacial score (nSPS) is 14.0. The van der Waals surface area contributed by atoms with Gasteiger partial charge in [0.1, 0.15) is 0 Å². The van der Waals surface area contributed by atoms with Gasteiger partial charge in [0.15, 0.2) is 5.78 Å². The van der Waals surface area contributed by atoms with Gasteiger partial charge in [-0.1, -0.05) is 27.7 Å². The number of aryl methyl sites for hydroxylation is 1. The lowest BCUT2D eigenvalue weighted by Gasteiger charge is -2.25. The van der Waals surface area contributed by atoms with Gasteiger partial charge in [0.25, 0.3) is 0 Å². The van der Waals surface area contributed by atoms with E-state index in [1.807, 2.05) is 19.9 Å². The molecule has 0 aromatic carbocycles. The Labute approximate surface area is 104 Å². The molecule has 3 heteroatoms. The highest BCUT2D eigenvalue weighted by Crippen LogP contribution is 2.33. The van der Waals surface area contributed by atoms with E-state index in [0.29, 0.717) is 0 Å². The number of carbonyl (C=O) groups is 1. The van der Waals surface area contributed by atoms with Crippen LogP contribution in [0.15, 0.2) is 10.5 Å². The molecule has 0 amide bonds. The Kier molecular flexibility index (Phi) is 3.77. The average Bonchev–Trinajstić information content (AvgIpc) is 2.43. The summed E-state index contributed by atoms with van der Waals surface area (Å²) in [7, 11) is 0. The van der Waals surface area contributed by atoms with E-state index in [9.17, 15) is 4.79 Å². The van der Waals surface area contributed by atoms with Crippen molar-refractivity contribution in [3.63, 3.8) is 0 Å². The molecule has 1 aromatic heterocycles. The van der Waals surface area contributed by atoms with Crippen LogP contribution in [0.1, 0.15) is 42.2 Å². The quantitative estimate of drug-likeness (QED) is 0.722. The van der Waals surface area contributed by atoms with Crippen LogP contribution in [0, 0.1) is 18.3 Å². The summed E-state index contributed by atoms with van der Waals surface area (Å²) in [6, 6.07) is 1.94. The minimum Gasteiger partial charge on any atom is -0.293 e. The minimum absolute atomic E-state index is 0.0292. The largest absolute Gasteiger partial charge is 0.293 e. The third-order valence-corrected chi connectivity index (χ3v) is 4.94. The van der Waals surface area contributed by atoms with Crippen molar-refractivity contribution in [3.8, 4) is 0 Å². The van der Waals surface area contributed by atoms with E-state index in [4.69, 9.17) is 0 Å². The van der Waals surface area contributed by atoms with Gasteiger partial charge in [-0.05, 0) is 34.3 Å². The lowest BCUT2D eigenvalue weighted by molar-refractivity contribution is 0.0844. The number of halogens is 1. The summed E-state index contributed by atoms with van der Waals surface area (Å²) in [6.07, 6.45) is 0. The predicted molar refractivity (Wildman–Crippen MR) is 69.7 cm³/mol. The number of hydrogen-bond acceptors (Lipinski definition) is 2. The maximum Gasteiger partial charge on any atom is 0.176 e. The Bertz CT molecular complexity index is 354. The molecule has 0 aliphatic heterocycles. The Morgan fingerprint density at radius 3 is 2.33 bits per heavy atom. The van der Waals surface area contributed by atoms with Crippen molar-refractivity contribution in [3.05, 3.63) is 20.3 Å². The van der Waals surface area contributed by atoms with E-state index < -0.39 is 0 Å². The lowest BCUT2D eigenvalue weighted by atomic mass is 9.79. The van der Waals surface area contributed by atoms with Gasteiger partial charge in [-0.3, -0.25) is 4.79 Å². The van der Waals surface area contributed by atoms with Gasteiger partial charge >= 0.3 is 0 Å². The van der Waals surface area contributed by atoms with Crippen molar-refractivity contribution in [2.24, 2.45) is 11.3 Å². The maximum absolute atomic E-state index is 12.1. The van der Waals surface area contributed by atoms with E-state index >= 15 is 0 Å². The van der Waals surface area contributed by atoms with Crippen molar-refractivity contribution in [1.82, 2.24) is 0 Å². The van der Waals surface area contributed by atoms with Crippen molar-refractivity contribution < 1.29 is 4.79 Å². The van der Waals surface area contributed by atoms with Crippen LogP contribution in [0.2, 0.25) is 0 Å². The zero-order valence-electron chi connectivity index (χ0n) is 9.85. The number of carbonyl (C=O) groups excluding carboxylic acids is 1. The first kappa shape index (κ1) is 12.9. The molecule has 1 rings (SSSR count). The van der Waals surface area contributed by atoms with Crippen LogP contribution in [0.3, 0.4) is 0 Å². The number of rotatable bonds is 2. The summed E-state index contributed by atoms with van der Waals surface area (Å²) in [6.45, 7) is 10.3. The van der Waals surface area contributed by atoms with Crippen LogP contribution in [0.4, 0.5) is 0 Å². The summed E-state index contributed by atoms with van der Waals surface area (Å²) in [4.78, 5) is 14.2. The van der Waals surface area contributed by atoms with Crippen LogP contribution in [-0.4, -0.2) is 5.78 Å². The van der Waals surface area contributed by atoms with Crippen molar-refractivity contribution in [1.29, 1.82) is 0 Å². The summed E-state index contributed by atoms with van der Waals surface area (Å²) < 4.78 is 1.04. The first-order chi connectivity index (χ1) is 6.73. The molecule has 0 fully saturated rings. The molecule has 0 N–H and O–H groups in total. The minimum atomic E-state index is 0.0292. The molecule has 15 heavy (non-hydrogen) atoms. The molecule has 0 saturated carbocycles.